The Labute approximate surface area is 184 Å². The Hall–Kier alpha value is -2.37. The number of thiazole rings is 1. The first kappa shape index (κ1) is 21.8. The molecule has 1 saturated heterocycles. The summed E-state index contributed by atoms with van der Waals surface area (Å²) in [6.07, 6.45) is 0.223. The Balaban J connectivity index is 1.56. The number of thioether (sulfide) groups is 1. The summed E-state index contributed by atoms with van der Waals surface area (Å²) in [4.78, 5) is 24.0. The third-order valence-electron chi connectivity index (χ3n) is 4.54. The number of amides is 1. The summed E-state index contributed by atoms with van der Waals surface area (Å²) < 4.78 is 47.8. The molecule has 0 spiro atoms. The molecule has 3 aromatic rings. The van der Waals surface area contributed by atoms with E-state index >= 15 is 0 Å². The Morgan fingerprint density at radius 3 is 2.81 bits per heavy atom. The van der Waals surface area contributed by atoms with Gasteiger partial charge in [-0.05, 0) is 37.1 Å². The maximum Gasteiger partial charge on any atom is 0.573 e. The van der Waals surface area contributed by atoms with E-state index in [0.29, 0.717) is 28.5 Å². The molecule has 0 saturated carbocycles. The first-order valence-electron chi connectivity index (χ1n) is 9.48. The molecule has 11 heteroatoms. The van der Waals surface area contributed by atoms with Crippen LogP contribution in [0, 0.1) is 0 Å². The van der Waals surface area contributed by atoms with Crippen molar-refractivity contribution in [1.82, 2.24) is 9.97 Å². The summed E-state index contributed by atoms with van der Waals surface area (Å²) in [5.41, 5.74) is 0.501. The van der Waals surface area contributed by atoms with E-state index in [1.165, 1.54) is 30.0 Å². The van der Waals surface area contributed by atoms with E-state index in [4.69, 9.17) is 4.74 Å². The first-order chi connectivity index (χ1) is 14.9. The number of fused-ring (bicyclic) bond motifs is 1. The summed E-state index contributed by atoms with van der Waals surface area (Å²) in [5.74, 6) is -0.279. The van der Waals surface area contributed by atoms with Crippen LogP contribution >= 0.6 is 23.1 Å². The van der Waals surface area contributed by atoms with E-state index in [0.717, 1.165) is 29.1 Å². The van der Waals surface area contributed by atoms with Crippen LogP contribution in [0.5, 0.6) is 5.75 Å². The van der Waals surface area contributed by atoms with Gasteiger partial charge in [-0.3, -0.25) is 14.7 Å². The SMILES string of the molecule is O=C(CSc1ccncc1)N(CC1CCCO1)c1nc2ccc(OC(F)(F)F)cc2s1. The minimum absolute atomic E-state index is 0.0917. The van der Waals surface area contributed by atoms with Crippen LogP contribution in [0.3, 0.4) is 0 Å². The van der Waals surface area contributed by atoms with Crippen molar-refractivity contribution in [2.45, 2.75) is 30.2 Å². The van der Waals surface area contributed by atoms with Gasteiger partial charge >= 0.3 is 6.36 Å². The highest BCUT2D eigenvalue weighted by Gasteiger charge is 2.31. The van der Waals surface area contributed by atoms with Gasteiger partial charge in [0.05, 0.1) is 28.6 Å². The average molecular weight is 470 g/mol. The van der Waals surface area contributed by atoms with Gasteiger partial charge < -0.3 is 9.47 Å². The van der Waals surface area contributed by atoms with E-state index in [9.17, 15) is 18.0 Å². The van der Waals surface area contributed by atoms with Crippen LogP contribution in [0.2, 0.25) is 0 Å². The highest BCUT2D eigenvalue weighted by Crippen LogP contribution is 2.34. The summed E-state index contributed by atoms with van der Waals surface area (Å²) in [6.45, 7) is 0.998. The molecule has 1 aliphatic rings. The van der Waals surface area contributed by atoms with Gasteiger partial charge in [-0.2, -0.15) is 0 Å². The van der Waals surface area contributed by atoms with Crippen LogP contribution in [0.4, 0.5) is 18.3 Å². The molecule has 1 atom stereocenters. The molecular formula is C20H18F3N3O3S2. The van der Waals surface area contributed by atoms with Gasteiger partial charge in [0.2, 0.25) is 5.91 Å². The predicted molar refractivity (Wildman–Crippen MR) is 113 cm³/mol. The number of rotatable bonds is 7. The van der Waals surface area contributed by atoms with Crippen molar-refractivity contribution >= 4 is 44.4 Å². The van der Waals surface area contributed by atoms with E-state index in [-0.39, 0.29) is 23.5 Å². The van der Waals surface area contributed by atoms with Gasteiger partial charge in [0.15, 0.2) is 5.13 Å². The van der Waals surface area contributed by atoms with Crippen molar-refractivity contribution < 1.29 is 27.4 Å². The highest BCUT2D eigenvalue weighted by molar-refractivity contribution is 8.00. The van der Waals surface area contributed by atoms with Crippen molar-refractivity contribution in [3.63, 3.8) is 0 Å². The molecule has 2 aromatic heterocycles. The van der Waals surface area contributed by atoms with Gasteiger partial charge in [-0.25, -0.2) is 4.98 Å². The molecule has 3 heterocycles. The van der Waals surface area contributed by atoms with E-state index < -0.39 is 6.36 Å². The fraction of sp³-hybridized carbons (Fsp3) is 0.350. The maximum atomic E-state index is 13.1. The Kier molecular flexibility index (Phi) is 6.63. The second kappa shape index (κ2) is 9.41. The highest BCUT2D eigenvalue weighted by atomic mass is 32.2. The molecule has 1 amide bonds. The van der Waals surface area contributed by atoms with Crippen LogP contribution in [0.1, 0.15) is 12.8 Å². The number of anilines is 1. The number of carbonyl (C=O) groups is 1. The van der Waals surface area contributed by atoms with Crippen LogP contribution < -0.4 is 9.64 Å². The van der Waals surface area contributed by atoms with Crippen molar-refractivity contribution in [1.29, 1.82) is 0 Å². The Bertz CT molecular complexity index is 1040. The number of ether oxygens (including phenoxy) is 2. The molecule has 1 unspecified atom stereocenters. The number of nitrogens with zero attached hydrogens (tertiary/aromatic N) is 3. The quantitative estimate of drug-likeness (QED) is 0.459. The van der Waals surface area contributed by atoms with E-state index in [1.807, 2.05) is 12.1 Å². The molecule has 0 bridgehead atoms. The molecule has 164 valence electrons. The molecule has 1 aliphatic heterocycles. The number of alkyl halides is 3. The second-order valence-corrected chi connectivity index (χ2v) is 8.84. The molecule has 0 N–H and O–H groups in total. The normalized spacial score (nSPS) is 16.5. The van der Waals surface area contributed by atoms with Crippen molar-refractivity contribution in [2.24, 2.45) is 0 Å². The lowest BCUT2D eigenvalue weighted by molar-refractivity contribution is -0.274. The lowest BCUT2D eigenvalue weighted by Gasteiger charge is -2.23. The zero-order valence-corrected chi connectivity index (χ0v) is 17.8. The first-order valence-corrected chi connectivity index (χ1v) is 11.3. The molecule has 31 heavy (non-hydrogen) atoms. The minimum atomic E-state index is -4.77. The van der Waals surface area contributed by atoms with Gasteiger partial charge in [-0.1, -0.05) is 11.3 Å². The fourth-order valence-corrected chi connectivity index (χ4v) is 4.92. The van der Waals surface area contributed by atoms with Crippen molar-refractivity contribution in [3.05, 3.63) is 42.7 Å². The Morgan fingerprint density at radius 1 is 1.29 bits per heavy atom. The smallest absolute Gasteiger partial charge is 0.406 e. The van der Waals surface area contributed by atoms with Crippen molar-refractivity contribution in [3.8, 4) is 5.75 Å². The standard InChI is InChI=1S/C20H18F3N3O3S2/c21-20(22,23)29-13-3-4-16-17(10-13)31-19(25-16)26(11-14-2-1-9-28-14)18(27)12-30-15-5-7-24-8-6-15/h3-8,10,14H,1-2,9,11-12H2. The topological polar surface area (TPSA) is 64.6 Å². The summed E-state index contributed by atoms with van der Waals surface area (Å²) in [6, 6.07) is 7.59. The zero-order valence-electron chi connectivity index (χ0n) is 16.2. The molecular weight excluding hydrogens is 451 g/mol. The van der Waals surface area contributed by atoms with Crippen LogP contribution in [0.15, 0.2) is 47.6 Å². The molecule has 0 radical (unpaired) electrons. The number of carbonyl (C=O) groups excluding carboxylic acids is 1. The third kappa shape index (κ3) is 5.86. The number of hydrogen-bond donors (Lipinski definition) is 0. The van der Waals surface area contributed by atoms with Gasteiger partial charge in [0, 0.05) is 30.0 Å². The molecule has 1 fully saturated rings. The van der Waals surface area contributed by atoms with E-state index in [1.54, 1.807) is 17.3 Å². The average Bonchev–Trinajstić information content (AvgIpc) is 3.39. The molecule has 4 rings (SSSR count). The number of aromatic nitrogens is 2. The van der Waals surface area contributed by atoms with Crippen LogP contribution in [-0.4, -0.2) is 47.2 Å². The lowest BCUT2D eigenvalue weighted by Crippen LogP contribution is -2.38. The van der Waals surface area contributed by atoms with Crippen LogP contribution in [-0.2, 0) is 9.53 Å². The number of hydrogen-bond acceptors (Lipinski definition) is 7. The summed E-state index contributed by atoms with van der Waals surface area (Å²) in [5, 5.41) is 0.426. The Morgan fingerprint density at radius 2 is 2.10 bits per heavy atom. The third-order valence-corrected chi connectivity index (χ3v) is 6.57. The number of halogens is 3. The fourth-order valence-electron chi connectivity index (χ4n) is 3.14. The van der Waals surface area contributed by atoms with Crippen LogP contribution in [0.25, 0.3) is 10.2 Å². The van der Waals surface area contributed by atoms with Crippen molar-refractivity contribution in [2.75, 3.05) is 23.8 Å². The summed E-state index contributed by atoms with van der Waals surface area (Å²) in [7, 11) is 0. The minimum Gasteiger partial charge on any atom is -0.406 e. The largest absolute Gasteiger partial charge is 0.573 e. The second-order valence-electron chi connectivity index (χ2n) is 6.78. The zero-order chi connectivity index (χ0) is 21.8. The van der Waals surface area contributed by atoms with Gasteiger partial charge in [0.25, 0.3) is 0 Å². The molecule has 6 nitrogen and oxygen atoms in total. The summed E-state index contributed by atoms with van der Waals surface area (Å²) >= 11 is 2.54. The van der Waals surface area contributed by atoms with E-state index in [2.05, 4.69) is 14.7 Å². The molecule has 1 aromatic carbocycles. The maximum absolute atomic E-state index is 13.1. The molecule has 0 aliphatic carbocycles. The predicted octanol–water partition coefficient (Wildman–Crippen LogP) is 4.89. The number of benzene rings is 1. The number of pyridine rings is 1. The monoisotopic (exact) mass is 469 g/mol. The van der Waals surface area contributed by atoms with Gasteiger partial charge in [-0.15, -0.1) is 24.9 Å². The van der Waals surface area contributed by atoms with Gasteiger partial charge in [0.1, 0.15) is 5.75 Å². The lowest BCUT2D eigenvalue weighted by atomic mass is 10.2.